The van der Waals surface area contributed by atoms with Gasteiger partial charge in [0.2, 0.25) is 0 Å². The van der Waals surface area contributed by atoms with Crippen molar-refractivity contribution in [3.05, 3.63) is 0 Å². The van der Waals surface area contributed by atoms with E-state index in [1.807, 2.05) is 4.72 Å². The first-order chi connectivity index (χ1) is 5.95. The molecule has 0 aromatic heterocycles. The van der Waals surface area contributed by atoms with Crippen molar-refractivity contribution in [2.45, 2.75) is 40.3 Å². The summed E-state index contributed by atoms with van der Waals surface area (Å²) < 4.78 is 29.8. The Morgan fingerprint density at radius 3 is 1.77 bits per heavy atom. The summed E-state index contributed by atoms with van der Waals surface area (Å²) in [6.45, 7) is 8.39. The molecule has 0 aliphatic rings. The molecule has 0 saturated carbocycles. The van der Waals surface area contributed by atoms with Crippen LogP contribution in [-0.2, 0) is 4.74 Å². The van der Waals surface area contributed by atoms with Gasteiger partial charge in [0.05, 0.1) is 0 Å². The summed E-state index contributed by atoms with van der Waals surface area (Å²) in [5, 5.41) is 0. The fraction of sp³-hybridized carbons (Fsp3) is 1.00. The summed E-state index contributed by atoms with van der Waals surface area (Å²) in [4.78, 5) is 0. The number of nitrogens with one attached hydrogen (secondary N) is 1. The van der Waals surface area contributed by atoms with Crippen LogP contribution in [0, 0.1) is 5.92 Å². The maximum absolute atomic E-state index is 11.7. The van der Waals surface area contributed by atoms with Crippen LogP contribution in [0.25, 0.3) is 0 Å². The van der Waals surface area contributed by atoms with E-state index in [9.17, 15) is 8.78 Å². The van der Waals surface area contributed by atoms with E-state index in [-0.39, 0.29) is 6.61 Å². The topological polar surface area (TPSA) is 21.3 Å². The molecule has 13 heavy (non-hydrogen) atoms. The van der Waals surface area contributed by atoms with Gasteiger partial charge < -0.3 is 4.74 Å². The van der Waals surface area contributed by atoms with Crippen molar-refractivity contribution in [1.29, 1.82) is 0 Å². The second kappa shape index (κ2) is 10.2. The van der Waals surface area contributed by atoms with Crippen LogP contribution in [0.15, 0.2) is 0 Å². The van der Waals surface area contributed by atoms with E-state index in [2.05, 4.69) is 38.3 Å². The van der Waals surface area contributed by atoms with Crippen LogP contribution in [-0.4, -0.2) is 19.3 Å². The Balaban J connectivity index is 0. The van der Waals surface area contributed by atoms with Gasteiger partial charge in [0.15, 0.2) is 6.23 Å². The van der Waals surface area contributed by atoms with Gasteiger partial charge in [0.25, 0.3) is 6.43 Å². The number of alkyl halides is 2. The molecule has 1 unspecified atom stereocenters. The zero-order chi connectivity index (χ0) is 10.9. The normalized spacial score (nSPS) is 12.7. The zero-order valence-corrected chi connectivity index (χ0v) is 9.44. The van der Waals surface area contributed by atoms with Gasteiger partial charge in [-0.15, -0.1) is 0 Å². The lowest BCUT2D eigenvalue weighted by Gasteiger charge is -2.12. The van der Waals surface area contributed by atoms with Gasteiger partial charge >= 0.3 is 0 Å². The van der Waals surface area contributed by atoms with E-state index in [1.54, 1.807) is 6.92 Å². The summed E-state index contributed by atoms with van der Waals surface area (Å²) in [6, 6.07) is 0. The van der Waals surface area contributed by atoms with Crippen LogP contribution in [0.5, 0.6) is 0 Å². The third-order valence-electron chi connectivity index (χ3n) is 0.702. The Morgan fingerprint density at radius 2 is 1.69 bits per heavy atom. The highest BCUT2D eigenvalue weighted by atomic mass is 32.1. The van der Waals surface area contributed by atoms with Crippen molar-refractivity contribution >= 4 is 12.8 Å². The maximum Gasteiger partial charge on any atom is 0.278 e. The van der Waals surface area contributed by atoms with E-state index in [0.717, 1.165) is 5.92 Å². The minimum absolute atomic E-state index is 0.253. The number of ether oxygens (including phenoxy) is 1. The molecule has 0 aliphatic carbocycles. The van der Waals surface area contributed by atoms with Crippen LogP contribution in [0.1, 0.15) is 27.7 Å². The molecule has 0 aliphatic heterocycles. The SMILES string of the molecule is CC(C)C.CCOC(NS)C(F)F. The first kappa shape index (κ1) is 15.6. The predicted molar refractivity (Wildman–Crippen MR) is 54.1 cm³/mol. The van der Waals surface area contributed by atoms with E-state index in [1.165, 1.54) is 0 Å². The number of hydrogen-bond donors (Lipinski definition) is 2. The molecule has 0 saturated heterocycles. The molecule has 2 nitrogen and oxygen atoms in total. The molecule has 0 aromatic rings. The number of rotatable bonds is 4. The molecule has 5 heteroatoms. The van der Waals surface area contributed by atoms with Crippen molar-refractivity contribution in [1.82, 2.24) is 4.72 Å². The quantitative estimate of drug-likeness (QED) is 0.556. The Hall–Kier alpha value is 0.130. The lowest BCUT2D eigenvalue weighted by Crippen LogP contribution is -2.32. The summed E-state index contributed by atoms with van der Waals surface area (Å²) in [5.74, 6) is 0.833. The summed E-state index contributed by atoms with van der Waals surface area (Å²) in [6.07, 6.45) is -3.78. The van der Waals surface area contributed by atoms with E-state index in [4.69, 9.17) is 0 Å². The van der Waals surface area contributed by atoms with Crippen molar-refractivity contribution < 1.29 is 13.5 Å². The van der Waals surface area contributed by atoms with Gasteiger partial charge in [0.1, 0.15) is 0 Å². The molecule has 0 spiro atoms. The molecule has 0 rings (SSSR count). The van der Waals surface area contributed by atoms with E-state index in [0.29, 0.717) is 0 Å². The van der Waals surface area contributed by atoms with Crippen LogP contribution in [0.4, 0.5) is 8.78 Å². The number of halogens is 2. The molecule has 1 N–H and O–H groups in total. The smallest absolute Gasteiger partial charge is 0.278 e. The molecule has 0 amide bonds. The summed E-state index contributed by atoms with van der Waals surface area (Å²) in [5.41, 5.74) is 0. The fourth-order valence-electron chi connectivity index (χ4n) is 0.346. The standard InChI is InChI=1S/C4H9F2NOS.C4H10/c1-2-8-4(7-9)3(5)6;1-4(2)3/h3-4,7,9H,2H2,1H3;4H,1-3H3. The highest BCUT2D eigenvalue weighted by Crippen LogP contribution is 2.02. The third kappa shape index (κ3) is 14.9. The third-order valence-corrected chi connectivity index (χ3v) is 0.957. The fourth-order valence-corrected chi connectivity index (χ4v) is 0.533. The van der Waals surface area contributed by atoms with Gasteiger partial charge in [-0.2, -0.15) is 0 Å². The Labute approximate surface area is 84.6 Å². The maximum atomic E-state index is 11.7. The molecule has 0 fully saturated rings. The average molecular weight is 215 g/mol. The van der Waals surface area contributed by atoms with Gasteiger partial charge in [-0.25, -0.2) is 13.5 Å². The lowest BCUT2D eigenvalue weighted by atomic mass is 10.3. The highest BCUT2D eigenvalue weighted by molar-refractivity contribution is 7.78. The molecular formula is C8H19F2NOS. The summed E-state index contributed by atoms with van der Waals surface area (Å²) >= 11 is 3.43. The van der Waals surface area contributed by atoms with Crippen molar-refractivity contribution in [3.8, 4) is 0 Å². The van der Waals surface area contributed by atoms with Crippen molar-refractivity contribution in [2.75, 3.05) is 6.61 Å². The molecule has 0 radical (unpaired) electrons. The zero-order valence-electron chi connectivity index (χ0n) is 8.55. The van der Waals surface area contributed by atoms with Gasteiger partial charge in [-0.3, -0.25) is 0 Å². The van der Waals surface area contributed by atoms with Crippen LogP contribution in [0.2, 0.25) is 0 Å². The second-order valence-electron chi connectivity index (χ2n) is 3.07. The molecule has 0 aromatic carbocycles. The monoisotopic (exact) mass is 215 g/mol. The minimum atomic E-state index is -2.53. The van der Waals surface area contributed by atoms with Crippen molar-refractivity contribution in [2.24, 2.45) is 5.92 Å². The molecule has 0 heterocycles. The van der Waals surface area contributed by atoms with Gasteiger partial charge in [-0.05, 0) is 12.8 Å². The Bertz CT molecular complexity index is 101. The van der Waals surface area contributed by atoms with Gasteiger partial charge in [-0.1, -0.05) is 33.6 Å². The molecular weight excluding hydrogens is 196 g/mol. The minimum Gasteiger partial charge on any atom is -0.357 e. The highest BCUT2D eigenvalue weighted by Gasteiger charge is 2.17. The first-order valence-corrected chi connectivity index (χ1v) is 4.69. The number of thiol groups is 1. The average Bonchev–Trinajstić information content (AvgIpc) is 1.98. The van der Waals surface area contributed by atoms with Gasteiger partial charge in [0, 0.05) is 6.61 Å². The van der Waals surface area contributed by atoms with Crippen molar-refractivity contribution in [3.63, 3.8) is 0 Å². The van der Waals surface area contributed by atoms with E-state index >= 15 is 0 Å². The molecule has 1 atom stereocenters. The largest absolute Gasteiger partial charge is 0.357 e. The van der Waals surface area contributed by atoms with Crippen LogP contribution < -0.4 is 4.72 Å². The first-order valence-electron chi connectivity index (χ1n) is 4.25. The van der Waals surface area contributed by atoms with Crippen LogP contribution >= 0.6 is 12.8 Å². The second-order valence-corrected chi connectivity index (χ2v) is 3.33. The van der Waals surface area contributed by atoms with Crippen LogP contribution in [0.3, 0.4) is 0 Å². The number of hydrogen-bond acceptors (Lipinski definition) is 3. The lowest BCUT2D eigenvalue weighted by molar-refractivity contribution is -0.0551. The van der Waals surface area contributed by atoms with E-state index < -0.39 is 12.7 Å². The Morgan fingerprint density at radius 1 is 1.31 bits per heavy atom. The Kier molecular flexibility index (Phi) is 12.3. The summed E-state index contributed by atoms with van der Waals surface area (Å²) in [7, 11) is 0. The molecule has 0 bridgehead atoms. The predicted octanol–water partition coefficient (Wildman–Crippen LogP) is 2.71. The molecule has 82 valence electrons.